The molecule has 1 amide bonds. The fraction of sp³-hybridized carbons (Fsp3) is 0.750. The molecule has 0 bridgehead atoms. The normalized spacial score (nSPS) is 13.3. The van der Waals surface area contributed by atoms with Gasteiger partial charge in [-0.05, 0) is 27.7 Å². The van der Waals surface area contributed by atoms with Crippen LogP contribution in [0.5, 0.6) is 0 Å². The quantitative estimate of drug-likeness (QED) is 0.636. The minimum atomic E-state index is -0.688. The zero-order valence-corrected chi connectivity index (χ0v) is 7.88. The molecule has 12 heavy (non-hydrogen) atoms. The van der Waals surface area contributed by atoms with E-state index in [4.69, 9.17) is 0 Å². The van der Waals surface area contributed by atoms with Gasteiger partial charge in [-0.3, -0.25) is 4.79 Å². The van der Waals surface area contributed by atoms with Crippen LogP contribution in [0.15, 0.2) is 0 Å². The Morgan fingerprint density at radius 1 is 1.50 bits per heavy atom. The first-order chi connectivity index (χ1) is 5.35. The Morgan fingerprint density at radius 2 is 2.00 bits per heavy atom. The van der Waals surface area contributed by atoms with Crippen LogP contribution < -0.4 is 5.32 Å². The Hall–Kier alpha value is -1.06. The van der Waals surface area contributed by atoms with Gasteiger partial charge in [-0.15, -0.1) is 0 Å². The summed E-state index contributed by atoms with van der Waals surface area (Å²) in [5.74, 6) is 0. The molecule has 0 aromatic rings. The average molecular weight is 173 g/mol. The third-order valence-electron chi connectivity index (χ3n) is 0.962. The number of hydrogen-bond donors (Lipinski definition) is 1. The molecule has 0 aromatic heterocycles. The summed E-state index contributed by atoms with van der Waals surface area (Å²) in [6.07, 6.45) is -0.683. The summed E-state index contributed by atoms with van der Waals surface area (Å²) in [7, 11) is 0. The van der Waals surface area contributed by atoms with Crippen molar-refractivity contribution in [2.24, 2.45) is 0 Å². The van der Waals surface area contributed by atoms with Gasteiger partial charge in [-0.1, -0.05) is 0 Å². The molecule has 0 saturated heterocycles. The standard InChI is InChI=1S/C8H15NO3/c1-6(5-10)12-7(11)9-8(2,3)4/h5-6H,1-4H3,(H,9,11). The van der Waals surface area contributed by atoms with Crippen molar-refractivity contribution in [1.29, 1.82) is 0 Å². The molecule has 0 heterocycles. The summed E-state index contributed by atoms with van der Waals surface area (Å²) in [4.78, 5) is 21.0. The van der Waals surface area contributed by atoms with Crippen LogP contribution in [0.2, 0.25) is 0 Å². The predicted molar refractivity (Wildman–Crippen MR) is 44.9 cm³/mol. The van der Waals surface area contributed by atoms with Crippen LogP contribution in [0.3, 0.4) is 0 Å². The zero-order valence-electron chi connectivity index (χ0n) is 7.88. The van der Waals surface area contributed by atoms with E-state index >= 15 is 0 Å². The first-order valence-corrected chi connectivity index (χ1v) is 3.79. The lowest BCUT2D eigenvalue weighted by molar-refractivity contribution is -0.114. The van der Waals surface area contributed by atoms with Crippen LogP contribution in [0.1, 0.15) is 27.7 Å². The fourth-order valence-electron chi connectivity index (χ4n) is 0.532. The number of carbonyl (C=O) groups excluding carboxylic acids is 2. The highest BCUT2D eigenvalue weighted by Crippen LogP contribution is 1.99. The molecular weight excluding hydrogens is 158 g/mol. The van der Waals surface area contributed by atoms with E-state index < -0.39 is 12.2 Å². The Balaban J connectivity index is 3.82. The number of rotatable bonds is 2. The molecule has 0 radical (unpaired) electrons. The monoisotopic (exact) mass is 173 g/mol. The lowest BCUT2D eigenvalue weighted by Gasteiger charge is -2.20. The molecule has 0 aliphatic carbocycles. The minimum Gasteiger partial charge on any atom is -0.439 e. The first kappa shape index (κ1) is 10.9. The summed E-state index contributed by atoms with van der Waals surface area (Å²) in [6.45, 7) is 7.01. The van der Waals surface area contributed by atoms with Crippen molar-refractivity contribution in [1.82, 2.24) is 5.32 Å². The average Bonchev–Trinajstić information content (AvgIpc) is 1.82. The van der Waals surface area contributed by atoms with Crippen molar-refractivity contribution in [2.45, 2.75) is 39.3 Å². The zero-order chi connectivity index (χ0) is 9.78. The molecule has 1 unspecified atom stereocenters. The van der Waals surface area contributed by atoms with E-state index in [0.29, 0.717) is 6.29 Å². The summed E-state index contributed by atoms with van der Waals surface area (Å²) in [5.41, 5.74) is -0.334. The summed E-state index contributed by atoms with van der Waals surface area (Å²) in [6, 6.07) is 0. The molecule has 0 aromatic carbocycles. The van der Waals surface area contributed by atoms with Crippen LogP contribution in [0, 0.1) is 0 Å². The van der Waals surface area contributed by atoms with E-state index in [-0.39, 0.29) is 5.54 Å². The van der Waals surface area contributed by atoms with Gasteiger partial charge >= 0.3 is 6.09 Å². The third kappa shape index (κ3) is 5.70. The number of hydrogen-bond acceptors (Lipinski definition) is 3. The second kappa shape index (κ2) is 4.09. The van der Waals surface area contributed by atoms with Crippen LogP contribution >= 0.6 is 0 Å². The Bertz CT molecular complexity index is 172. The van der Waals surface area contributed by atoms with Crippen molar-refractivity contribution in [3.63, 3.8) is 0 Å². The lowest BCUT2D eigenvalue weighted by atomic mass is 10.1. The topological polar surface area (TPSA) is 55.4 Å². The molecule has 1 atom stereocenters. The molecule has 4 heteroatoms. The van der Waals surface area contributed by atoms with Gasteiger partial charge in [-0.25, -0.2) is 4.79 Å². The maximum atomic E-state index is 10.9. The number of carbonyl (C=O) groups is 2. The lowest BCUT2D eigenvalue weighted by Crippen LogP contribution is -2.42. The van der Waals surface area contributed by atoms with Crippen molar-refractivity contribution in [3.8, 4) is 0 Å². The smallest absolute Gasteiger partial charge is 0.408 e. The van der Waals surface area contributed by atoms with Gasteiger partial charge in [0.25, 0.3) is 0 Å². The molecule has 0 aliphatic heterocycles. The van der Waals surface area contributed by atoms with Gasteiger partial charge in [0.2, 0.25) is 0 Å². The van der Waals surface area contributed by atoms with E-state index in [1.54, 1.807) is 0 Å². The maximum Gasteiger partial charge on any atom is 0.408 e. The van der Waals surface area contributed by atoms with Crippen LogP contribution in [-0.2, 0) is 9.53 Å². The number of alkyl carbamates (subject to hydrolysis) is 1. The van der Waals surface area contributed by atoms with Crippen LogP contribution in [0.25, 0.3) is 0 Å². The highest BCUT2D eigenvalue weighted by Gasteiger charge is 2.16. The third-order valence-corrected chi connectivity index (χ3v) is 0.962. The Labute approximate surface area is 72.3 Å². The molecule has 4 nitrogen and oxygen atoms in total. The van der Waals surface area contributed by atoms with Crippen molar-refractivity contribution in [2.75, 3.05) is 0 Å². The largest absolute Gasteiger partial charge is 0.439 e. The molecular formula is C8H15NO3. The van der Waals surface area contributed by atoms with E-state index in [1.807, 2.05) is 20.8 Å². The van der Waals surface area contributed by atoms with Crippen molar-refractivity contribution >= 4 is 12.4 Å². The molecule has 0 spiro atoms. The molecule has 0 saturated carbocycles. The molecule has 0 fully saturated rings. The first-order valence-electron chi connectivity index (χ1n) is 3.79. The number of ether oxygens (including phenoxy) is 1. The van der Waals surface area contributed by atoms with Gasteiger partial charge in [0, 0.05) is 5.54 Å². The predicted octanol–water partition coefficient (Wildman–Crippen LogP) is 1.10. The number of amides is 1. The summed E-state index contributed by atoms with van der Waals surface area (Å²) < 4.78 is 4.66. The Kier molecular flexibility index (Phi) is 3.73. The molecule has 70 valence electrons. The van der Waals surface area contributed by atoms with E-state index in [2.05, 4.69) is 10.1 Å². The van der Waals surface area contributed by atoms with Gasteiger partial charge in [0.05, 0.1) is 0 Å². The summed E-state index contributed by atoms with van der Waals surface area (Å²) >= 11 is 0. The minimum absolute atomic E-state index is 0.334. The van der Waals surface area contributed by atoms with E-state index in [0.717, 1.165) is 0 Å². The highest BCUT2D eigenvalue weighted by molar-refractivity contribution is 5.71. The molecule has 1 N–H and O–H groups in total. The fourth-order valence-corrected chi connectivity index (χ4v) is 0.532. The van der Waals surface area contributed by atoms with Crippen molar-refractivity contribution < 1.29 is 14.3 Å². The highest BCUT2D eigenvalue weighted by atomic mass is 16.6. The number of nitrogens with one attached hydrogen (secondary N) is 1. The second-order valence-corrected chi connectivity index (χ2v) is 3.62. The van der Waals surface area contributed by atoms with Crippen LogP contribution in [-0.4, -0.2) is 24.0 Å². The van der Waals surface area contributed by atoms with Gasteiger partial charge in [0.15, 0.2) is 12.4 Å². The van der Waals surface area contributed by atoms with E-state index in [9.17, 15) is 9.59 Å². The second-order valence-electron chi connectivity index (χ2n) is 3.62. The Morgan fingerprint density at radius 3 is 2.33 bits per heavy atom. The molecule has 0 aliphatic rings. The number of aldehydes is 1. The van der Waals surface area contributed by atoms with Gasteiger partial charge < -0.3 is 10.1 Å². The van der Waals surface area contributed by atoms with Gasteiger partial charge in [-0.2, -0.15) is 0 Å². The summed E-state index contributed by atoms with van der Waals surface area (Å²) in [5, 5.41) is 2.56. The van der Waals surface area contributed by atoms with E-state index in [1.165, 1.54) is 6.92 Å². The SMILES string of the molecule is CC(C=O)OC(=O)NC(C)(C)C. The van der Waals surface area contributed by atoms with Crippen LogP contribution in [0.4, 0.5) is 4.79 Å². The maximum absolute atomic E-state index is 10.9. The van der Waals surface area contributed by atoms with Gasteiger partial charge in [0.1, 0.15) is 0 Å². The molecule has 0 rings (SSSR count). The van der Waals surface area contributed by atoms with Crippen molar-refractivity contribution in [3.05, 3.63) is 0 Å².